The zero-order chi connectivity index (χ0) is 23.1. The molecule has 8 nitrogen and oxygen atoms in total. The number of carboxylic acid groups (broad SMARTS) is 1. The van der Waals surface area contributed by atoms with Crippen LogP contribution in [0.1, 0.15) is 45.1 Å². The number of carbonyl (C=O) groups is 3. The van der Waals surface area contributed by atoms with E-state index in [9.17, 15) is 19.5 Å². The standard InChI is InChI=1S/C24H34N2O6/c1-3-32-23(30)19(10-9-18-7-5-4-6-8-18)25-17(2)21(27)26-15-24(13-14-31-16-24)12-11-20(26)22(28)29/h4-8,17,19-20,25H,3,9-16H2,1-2H3,(H,28,29)/t17?,19-,20-,24?/m0/s1. The van der Waals surface area contributed by atoms with Gasteiger partial charge in [-0.05, 0) is 51.5 Å². The number of benzene rings is 1. The molecule has 176 valence electrons. The van der Waals surface area contributed by atoms with Gasteiger partial charge in [0.1, 0.15) is 12.1 Å². The minimum Gasteiger partial charge on any atom is -0.480 e. The van der Waals surface area contributed by atoms with Crippen molar-refractivity contribution in [3.05, 3.63) is 35.9 Å². The number of hydrogen-bond donors (Lipinski definition) is 2. The number of aliphatic carboxylic acids is 1. The van der Waals surface area contributed by atoms with E-state index in [1.165, 1.54) is 4.90 Å². The number of rotatable bonds is 9. The highest BCUT2D eigenvalue weighted by Crippen LogP contribution is 2.40. The molecular formula is C24H34N2O6. The molecule has 3 rings (SSSR count). The maximum absolute atomic E-state index is 13.4. The fourth-order valence-corrected chi connectivity index (χ4v) is 4.70. The van der Waals surface area contributed by atoms with E-state index >= 15 is 0 Å². The molecule has 2 fully saturated rings. The average Bonchev–Trinajstić information content (AvgIpc) is 3.24. The molecule has 2 aliphatic heterocycles. The summed E-state index contributed by atoms with van der Waals surface area (Å²) in [6.45, 7) is 5.23. The Morgan fingerprint density at radius 2 is 2.03 bits per heavy atom. The summed E-state index contributed by atoms with van der Waals surface area (Å²) in [5.74, 6) is -1.71. The van der Waals surface area contributed by atoms with Gasteiger partial charge in [-0.1, -0.05) is 30.3 Å². The van der Waals surface area contributed by atoms with Crippen molar-refractivity contribution >= 4 is 17.8 Å². The third-order valence-electron chi connectivity index (χ3n) is 6.54. The number of piperidine rings is 1. The number of esters is 1. The summed E-state index contributed by atoms with van der Waals surface area (Å²) in [7, 11) is 0. The van der Waals surface area contributed by atoms with E-state index in [0.29, 0.717) is 39.0 Å². The molecule has 4 atom stereocenters. The lowest BCUT2D eigenvalue weighted by Crippen LogP contribution is -2.60. The van der Waals surface area contributed by atoms with E-state index in [1.54, 1.807) is 13.8 Å². The SMILES string of the molecule is CCOC(=O)[C@H](CCc1ccccc1)NC(C)C(=O)N1CC2(CCOC2)CC[C@H]1C(=O)O. The smallest absolute Gasteiger partial charge is 0.326 e. The Hall–Kier alpha value is -2.45. The number of aryl methyl sites for hydroxylation is 1. The van der Waals surface area contributed by atoms with Crippen molar-refractivity contribution in [3.8, 4) is 0 Å². The Morgan fingerprint density at radius 1 is 1.28 bits per heavy atom. The van der Waals surface area contributed by atoms with Gasteiger partial charge in [-0.2, -0.15) is 0 Å². The Kier molecular flexibility index (Phi) is 8.26. The zero-order valence-corrected chi connectivity index (χ0v) is 18.9. The van der Waals surface area contributed by atoms with Crippen molar-refractivity contribution in [2.24, 2.45) is 5.41 Å². The van der Waals surface area contributed by atoms with E-state index < -0.39 is 30.1 Å². The van der Waals surface area contributed by atoms with Crippen LogP contribution >= 0.6 is 0 Å². The molecule has 8 heteroatoms. The molecule has 0 bridgehead atoms. The lowest BCUT2D eigenvalue weighted by molar-refractivity contribution is -0.157. The first kappa shape index (κ1) is 24.2. The van der Waals surface area contributed by atoms with Gasteiger partial charge in [0.25, 0.3) is 0 Å². The fraction of sp³-hybridized carbons (Fsp3) is 0.625. The van der Waals surface area contributed by atoms with E-state index in [-0.39, 0.29) is 17.9 Å². The van der Waals surface area contributed by atoms with Crippen LogP contribution in [0.4, 0.5) is 0 Å². The van der Waals surface area contributed by atoms with Crippen molar-refractivity contribution in [3.63, 3.8) is 0 Å². The highest BCUT2D eigenvalue weighted by molar-refractivity contribution is 5.88. The molecule has 2 heterocycles. The fourth-order valence-electron chi connectivity index (χ4n) is 4.70. The second-order valence-corrected chi connectivity index (χ2v) is 8.88. The predicted octanol–water partition coefficient (Wildman–Crippen LogP) is 2.01. The second-order valence-electron chi connectivity index (χ2n) is 8.88. The van der Waals surface area contributed by atoms with Crippen LogP contribution in [-0.4, -0.2) is 72.3 Å². The van der Waals surface area contributed by atoms with E-state index in [1.807, 2.05) is 30.3 Å². The van der Waals surface area contributed by atoms with Crippen LogP contribution in [0.2, 0.25) is 0 Å². The molecule has 0 aliphatic carbocycles. The van der Waals surface area contributed by atoms with Crippen LogP contribution in [0, 0.1) is 5.41 Å². The van der Waals surface area contributed by atoms with Crippen LogP contribution in [-0.2, 0) is 30.3 Å². The third-order valence-corrected chi connectivity index (χ3v) is 6.54. The summed E-state index contributed by atoms with van der Waals surface area (Å²) in [5.41, 5.74) is 0.919. The summed E-state index contributed by atoms with van der Waals surface area (Å²) in [6.07, 6.45) is 3.10. The predicted molar refractivity (Wildman–Crippen MR) is 118 cm³/mol. The van der Waals surface area contributed by atoms with Crippen molar-refractivity contribution < 1.29 is 29.0 Å². The lowest BCUT2D eigenvalue weighted by atomic mass is 9.77. The summed E-state index contributed by atoms with van der Waals surface area (Å²) in [5, 5.41) is 12.8. The van der Waals surface area contributed by atoms with Gasteiger partial charge >= 0.3 is 11.9 Å². The van der Waals surface area contributed by atoms with E-state index in [0.717, 1.165) is 18.4 Å². The molecule has 0 aromatic heterocycles. The minimum atomic E-state index is -0.995. The first-order chi connectivity index (χ1) is 15.3. The van der Waals surface area contributed by atoms with Crippen molar-refractivity contribution in [2.75, 3.05) is 26.4 Å². The molecule has 2 N–H and O–H groups in total. The van der Waals surface area contributed by atoms with Gasteiger partial charge in [-0.3, -0.25) is 14.9 Å². The molecule has 1 aromatic rings. The van der Waals surface area contributed by atoms with Gasteiger partial charge in [0.2, 0.25) is 5.91 Å². The molecule has 1 amide bonds. The monoisotopic (exact) mass is 446 g/mol. The third kappa shape index (κ3) is 5.86. The van der Waals surface area contributed by atoms with Gasteiger partial charge in [0.05, 0.1) is 19.3 Å². The zero-order valence-electron chi connectivity index (χ0n) is 18.9. The van der Waals surface area contributed by atoms with Crippen molar-refractivity contribution in [2.45, 2.75) is 64.1 Å². The molecule has 32 heavy (non-hydrogen) atoms. The number of nitrogens with one attached hydrogen (secondary N) is 1. The molecule has 2 saturated heterocycles. The van der Waals surface area contributed by atoms with Crippen molar-refractivity contribution in [1.29, 1.82) is 0 Å². The van der Waals surface area contributed by atoms with Crippen LogP contribution in [0.15, 0.2) is 30.3 Å². The molecular weight excluding hydrogens is 412 g/mol. The van der Waals surface area contributed by atoms with Crippen LogP contribution in [0.25, 0.3) is 0 Å². The molecule has 0 saturated carbocycles. The van der Waals surface area contributed by atoms with Crippen LogP contribution < -0.4 is 5.32 Å². The maximum Gasteiger partial charge on any atom is 0.326 e. The van der Waals surface area contributed by atoms with Gasteiger partial charge in [-0.15, -0.1) is 0 Å². The normalized spacial score (nSPS) is 24.8. The van der Waals surface area contributed by atoms with Crippen LogP contribution in [0.3, 0.4) is 0 Å². The maximum atomic E-state index is 13.4. The number of carboxylic acids is 1. The lowest BCUT2D eigenvalue weighted by Gasteiger charge is -2.44. The summed E-state index contributed by atoms with van der Waals surface area (Å²) in [6, 6.07) is 7.56. The number of hydrogen-bond acceptors (Lipinski definition) is 6. The Morgan fingerprint density at radius 3 is 2.66 bits per heavy atom. The summed E-state index contributed by atoms with van der Waals surface area (Å²) < 4.78 is 10.8. The van der Waals surface area contributed by atoms with Gasteiger partial charge in [0, 0.05) is 18.6 Å². The highest BCUT2D eigenvalue weighted by atomic mass is 16.5. The largest absolute Gasteiger partial charge is 0.480 e. The Labute approximate surface area is 189 Å². The molecule has 1 spiro atoms. The van der Waals surface area contributed by atoms with Gasteiger partial charge in [0.15, 0.2) is 0 Å². The number of amides is 1. The van der Waals surface area contributed by atoms with E-state index in [2.05, 4.69) is 5.32 Å². The average molecular weight is 447 g/mol. The Balaban J connectivity index is 1.69. The van der Waals surface area contributed by atoms with Crippen LogP contribution in [0.5, 0.6) is 0 Å². The van der Waals surface area contributed by atoms with Gasteiger partial charge < -0.3 is 19.5 Å². The second kappa shape index (κ2) is 10.9. The Bertz CT molecular complexity index is 793. The first-order valence-electron chi connectivity index (χ1n) is 11.4. The molecule has 2 unspecified atom stereocenters. The molecule has 1 aromatic carbocycles. The highest BCUT2D eigenvalue weighted by Gasteiger charge is 2.46. The molecule has 0 radical (unpaired) electrons. The number of nitrogens with zero attached hydrogens (tertiary/aromatic N) is 1. The number of ether oxygens (including phenoxy) is 2. The van der Waals surface area contributed by atoms with E-state index in [4.69, 9.17) is 9.47 Å². The molecule has 2 aliphatic rings. The first-order valence-corrected chi connectivity index (χ1v) is 11.4. The van der Waals surface area contributed by atoms with Gasteiger partial charge in [-0.25, -0.2) is 4.79 Å². The number of carbonyl (C=O) groups excluding carboxylic acids is 2. The quantitative estimate of drug-likeness (QED) is 0.559. The van der Waals surface area contributed by atoms with Crippen molar-refractivity contribution in [1.82, 2.24) is 10.2 Å². The minimum absolute atomic E-state index is 0.171. The summed E-state index contributed by atoms with van der Waals surface area (Å²) >= 11 is 0. The summed E-state index contributed by atoms with van der Waals surface area (Å²) in [4.78, 5) is 39.2. The topological polar surface area (TPSA) is 105 Å². The number of likely N-dealkylation sites (tertiary alicyclic amines) is 1.